The number of H-pyrrole nitrogens is 1. The zero-order chi connectivity index (χ0) is 16.1. The molecular weight excluding hydrogens is 359 g/mol. The fourth-order valence-corrected chi connectivity index (χ4v) is 3.28. The maximum Gasteiger partial charge on any atom is 0.237 e. The number of piperidine rings is 1. The summed E-state index contributed by atoms with van der Waals surface area (Å²) in [6.45, 7) is 3.90. The number of hydrogen-bond acceptors (Lipinski definition) is 3. The normalized spacial score (nSPS) is 15.9. The molecule has 1 saturated heterocycles. The Morgan fingerprint density at radius 1 is 1.20 bits per heavy atom. The van der Waals surface area contributed by atoms with Gasteiger partial charge in [-0.15, -0.1) is 24.8 Å². The van der Waals surface area contributed by atoms with Crippen molar-refractivity contribution in [1.29, 1.82) is 0 Å². The molecule has 1 aromatic heterocycles. The third-order valence-electron chi connectivity index (χ3n) is 4.63. The molecule has 1 aromatic carbocycles. The molecule has 2 heterocycles. The molecule has 140 valence electrons. The van der Waals surface area contributed by atoms with Crippen LogP contribution in [-0.4, -0.2) is 48.0 Å². The molecule has 0 unspecified atom stereocenters. The lowest BCUT2D eigenvalue weighted by Crippen LogP contribution is -2.45. The number of benzene rings is 1. The number of fused-ring (bicyclic) bond motifs is 1. The summed E-state index contributed by atoms with van der Waals surface area (Å²) < 4.78 is 0. The van der Waals surface area contributed by atoms with E-state index in [1.54, 1.807) is 0 Å². The topological polar surface area (TPSA) is 74.1 Å². The van der Waals surface area contributed by atoms with Gasteiger partial charge in [-0.1, -0.05) is 24.6 Å². The Bertz CT molecular complexity index is 655. The van der Waals surface area contributed by atoms with E-state index in [4.69, 9.17) is 5.73 Å². The standard InChI is InChI=1S/C18H26N4O.2ClH/c19-16(12-14-13-21-17-7-3-2-6-15(14)17)18(23)20-8-11-22-9-4-1-5-10-22;;/h2-3,6-7,13,16,21H,1,4-5,8-12,19H2,(H,20,23);2*1H/t16-;;/m0../s1. The molecule has 1 aliphatic heterocycles. The number of para-hydroxylation sites is 1. The van der Waals surface area contributed by atoms with Gasteiger partial charge >= 0.3 is 0 Å². The van der Waals surface area contributed by atoms with Crippen LogP contribution in [0.4, 0.5) is 0 Å². The summed E-state index contributed by atoms with van der Waals surface area (Å²) >= 11 is 0. The molecule has 0 radical (unpaired) electrons. The van der Waals surface area contributed by atoms with Gasteiger partial charge in [-0.2, -0.15) is 0 Å². The number of rotatable bonds is 6. The molecule has 0 aliphatic carbocycles. The Labute approximate surface area is 161 Å². The number of nitrogens with two attached hydrogens (primary N) is 1. The maximum absolute atomic E-state index is 12.2. The van der Waals surface area contributed by atoms with Crippen LogP contribution in [0.3, 0.4) is 0 Å². The molecule has 1 fully saturated rings. The summed E-state index contributed by atoms with van der Waals surface area (Å²) in [7, 11) is 0. The monoisotopic (exact) mass is 386 g/mol. The van der Waals surface area contributed by atoms with Crippen molar-refractivity contribution in [2.75, 3.05) is 26.2 Å². The van der Waals surface area contributed by atoms with Crippen molar-refractivity contribution < 1.29 is 4.79 Å². The number of carbonyl (C=O) groups excluding carboxylic acids is 1. The number of nitrogens with one attached hydrogen (secondary N) is 2. The number of carbonyl (C=O) groups is 1. The van der Waals surface area contributed by atoms with E-state index in [2.05, 4.69) is 21.3 Å². The highest BCUT2D eigenvalue weighted by molar-refractivity contribution is 5.86. The fourth-order valence-electron chi connectivity index (χ4n) is 3.28. The largest absolute Gasteiger partial charge is 0.361 e. The minimum atomic E-state index is -0.504. The molecule has 0 spiro atoms. The number of aromatic nitrogens is 1. The minimum absolute atomic E-state index is 0. The summed E-state index contributed by atoms with van der Waals surface area (Å²) in [4.78, 5) is 17.8. The lowest BCUT2D eigenvalue weighted by Gasteiger charge is -2.26. The van der Waals surface area contributed by atoms with E-state index in [-0.39, 0.29) is 30.7 Å². The fraction of sp³-hybridized carbons (Fsp3) is 0.500. The third-order valence-corrected chi connectivity index (χ3v) is 4.63. The average Bonchev–Trinajstić information content (AvgIpc) is 2.99. The second-order valence-electron chi connectivity index (χ2n) is 6.36. The molecule has 1 atom stereocenters. The molecule has 1 amide bonds. The highest BCUT2D eigenvalue weighted by Gasteiger charge is 2.16. The summed E-state index contributed by atoms with van der Waals surface area (Å²) in [6, 6.07) is 7.58. The summed E-state index contributed by atoms with van der Waals surface area (Å²) in [5, 5.41) is 4.12. The Hall–Kier alpha value is -1.27. The number of halogens is 2. The van der Waals surface area contributed by atoms with Gasteiger partial charge in [0.1, 0.15) is 0 Å². The van der Waals surface area contributed by atoms with Gasteiger partial charge in [-0.25, -0.2) is 0 Å². The van der Waals surface area contributed by atoms with Crippen LogP contribution in [0.1, 0.15) is 24.8 Å². The highest BCUT2D eigenvalue weighted by atomic mass is 35.5. The van der Waals surface area contributed by atoms with Crippen molar-refractivity contribution >= 4 is 41.6 Å². The van der Waals surface area contributed by atoms with Gasteiger partial charge in [0, 0.05) is 30.2 Å². The predicted octanol–water partition coefficient (Wildman–Crippen LogP) is 2.48. The SMILES string of the molecule is Cl.Cl.N[C@@H](Cc1c[nH]c2ccccc12)C(=O)NCCN1CCCCC1. The molecular formula is C18H28Cl2N4O. The average molecular weight is 387 g/mol. The van der Waals surface area contributed by atoms with Gasteiger partial charge in [0.2, 0.25) is 5.91 Å². The third kappa shape index (κ3) is 5.89. The lowest BCUT2D eigenvalue weighted by atomic mass is 10.1. The molecule has 0 saturated carbocycles. The molecule has 2 aromatic rings. The van der Waals surface area contributed by atoms with Gasteiger partial charge < -0.3 is 20.9 Å². The van der Waals surface area contributed by atoms with E-state index < -0.39 is 6.04 Å². The van der Waals surface area contributed by atoms with Crippen LogP contribution in [0, 0.1) is 0 Å². The van der Waals surface area contributed by atoms with Crippen molar-refractivity contribution in [3.63, 3.8) is 0 Å². The molecule has 7 heteroatoms. The number of nitrogens with zero attached hydrogens (tertiary/aromatic N) is 1. The smallest absolute Gasteiger partial charge is 0.237 e. The molecule has 1 aliphatic rings. The van der Waals surface area contributed by atoms with Gasteiger partial charge in [0.25, 0.3) is 0 Å². The molecule has 3 rings (SSSR count). The lowest BCUT2D eigenvalue weighted by molar-refractivity contribution is -0.122. The van der Waals surface area contributed by atoms with Crippen LogP contribution in [0.15, 0.2) is 30.5 Å². The van der Waals surface area contributed by atoms with E-state index in [0.717, 1.165) is 36.1 Å². The van der Waals surface area contributed by atoms with E-state index in [1.807, 2.05) is 24.4 Å². The van der Waals surface area contributed by atoms with Crippen LogP contribution < -0.4 is 11.1 Å². The number of aromatic amines is 1. The van der Waals surface area contributed by atoms with Crippen molar-refractivity contribution in [3.8, 4) is 0 Å². The number of hydrogen-bond donors (Lipinski definition) is 3. The van der Waals surface area contributed by atoms with Crippen molar-refractivity contribution in [2.45, 2.75) is 31.7 Å². The first-order chi connectivity index (χ1) is 11.2. The second kappa shape index (κ2) is 10.7. The first-order valence-corrected chi connectivity index (χ1v) is 8.54. The van der Waals surface area contributed by atoms with Crippen molar-refractivity contribution in [3.05, 3.63) is 36.0 Å². The first-order valence-electron chi connectivity index (χ1n) is 8.54. The van der Waals surface area contributed by atoms with Crippen LogP contribution >= 0.6 is 24.8 Å². The summed E-state index contributed by atoms with van der Waals surface area (Å²) in [5.74, 6) is -0.0627. The van der Waals surface area contributed by atoms with E-state index in [9.17, 15) is 4.79 Å². The van der Waals surface area contributed by atoms with Crippen LogP contribution in [-0.2, 0) is 11.2 Å². The van der Waals surface area contributed by atoms with Gasteiger partial charge in [-0.3, -0.25) is 4.79 Å². The maximum atomic E-state index is 12.2. The van der Waals surface area contributed by atoms with Crippen LogP contribution in [0.5, 0.6) is 0 Å². The van der Waals surface area contributed by atoms with Crippen molar-refractivity contribution in [1.82, 2.24) is 15.2 Å². The second-order valence-corrected chi connectivity index (χ2v) is 6.36. The quantitative estimate of drug-likeness (QED) is 0.713. The summed E-state index contributed by atoms with van der Waals surface area (Å²) in [6.07, 6.45) is 6.38. The Balaban J connectivity index is 0.00000156. The van der Waals surface area contributed by atoms with Crippen LogP contribution in [0.2, 0.25) is 0 Å². The van der Waals surface area contributed by atoms with Gasteiger partial charge in [-0.05, 0) is 44.0 Å². The van der Waals surface area contributed by atoms with Gasteiger partial charge in [0.05, 0.1) is 6.04 Å². The van der Waals surface area contributed by atoms with E-state index in [1.165, 1.54) is 19.3 Å². The highest BCUT2D eigenvalue weighted by Crippen LogP contribution is 2.18. The number of amides is 1. The zero-order valence-electron chi connectivity index (χ0n) is 14.4. The van der Waals surface area contributed by atoms with Gasteiger partial charge in [0.15, 0.2) is 0 Å². The molecule has 25 heavy (non-hydrogen) atoms. The minimum Gasteiger partial charge on any atom is -0.361 e. The molecule has 4 N–H and O–H groups in total. The predicted molar refractivity (Wildman–Crippen MR) is 108 cm³/mol. The van der Waals surface area contributed by atoms with E-state index in [0.29, 0.717) is 13.0 Å². The van der Waals surface area contributed by atoms with Crippen LogP contribution in [0.25, 0.3) is 10.9 Å². The summed E-state index contributed by atoms with van der Waals surface area (Å²) in [5.41, 5.74) is 8.26. The van der Waals surface area contributed by atoms with Crippen molar-refractivity contribution in [2.24, 2.45) is 5.73 Å². The Morgan fingerprint density at radius 3 is 2.68 bits per heavy atom. The first kappa shape index (κ1) is 21.8. The Kier molecular flexibility index (Phi) is 9.28. The Morgan fingerprint density at radius 2 is 1.92 bits per heavy atom. The number of likely N-dealkylation sites (tertiary alicyclic amines) is 1. The van der Waals surface area contributed by atoms with E-state index >= 15 is 0 Å². The molecule has 0 bridgehead atoms. The molecule has 5 nitrogen and oxygen atoms in total. The zero-order valence-corrected chi connectivity index (χ0v) is 16.0.